The van der Waals surface area contributed by atoms with Crippen LogP contribution in [0.25, 0.3) is 0 Å². The number of phenolic OH excluding ortho intramolecular Hbond substituents is 1. The molecule has 5 heteroatoms. The Bertz CT molecular complexity index is 882. The molecular formula is C25H37O4P. The van der Waals surface area contributed by atoms with Crippen molar-refractivity contribution in [3.63, 3.8) is 0 Å². The summed E-state index contributed by atoms with van der Waals surface area (Å²) in [6.07, 6.45) is 0. The van der Waals surface area contributed by atoms with Crippen molar-refractivity contribution >= 4 is 7.60 Å². The molecule has 0 fully saturated rings. The van der Waals surface area contributed by atoms with E-state index in [-0.39, 0.29) is 29.8 Å². The Hall–Kier alpha value is -1.61. The van der Waals surface area contributed by atoms with Crippen molar-refractivity contribution in [2.75, 3.05) is 13.2 Å². The second kappa shape index (κ2) is 9.26. The Labute approximate surface area is 182 Å². The van der Waals surface area contributed by atoms with Gasteiger partial charge in [-0.05, 0) is 41.4 Å². The Kier molecular flexibility index (Phi) is 7.61. The van der Waals surface area contributed by atoms with Crippen LogP contribution in [0.5, 0.6) is 5.75 Å². The first-order chi connectivity index (χ1) is 13.8. The summed E-state index contributed by atoms with van der Waals surface area (Å²) in [5.74, 6) is 0.156. The Morgan fingerprint density at radius 2 is 1.43 bits per heavy atom. The second-order valence-corrected chi connectivity index (χ2v) is 11.8. The van der Waals surface area contributed by atoms with Gasteiger partial charge in [0.25, 0.3) is 0 Å². The zero-order valence-electron chi connectivity index (χ0n) is 19.7. The molecule has 4 nitrogen and oxygen atoms in total. The summed E-state index contributed by atoms with van der Waals surface area (Å²) in [7, 11) is -3.60. The quantitative estimate of drug-likeness (QED) is 0.465. The first kappa shape index (κ1) is 24.7. The molecule has 166 valence electrons. The van der Waals surface area contributed by atoms with Gasteiger partial charge >= 0.3 is 7.60 Å². The van der Waals surface area contributed by atoms with Crippen LogP contribution >= 0.6 is 7.60 Å². The molecule has 0 aliphatic heterocycles. The van der Waals surface area contributed by atoms with Crippen LogP contribution in [0.4, 0.5) is 0 Å². The van der Waals surface area contributed by atoms with E-state index in [0.717, 1.165) is 16.7 Å². The second-order valence-electron chi connectivity index (χ2n) is 9.65. The smallest absolute Gasteiger partial charge is 0.342 e. The Morgan fingerprint density at radius 3 is 1.87 bits per heavy atom. The molecule has 0 aromatic heterocycles. The summed E-state index contributed by atoms with van der Waals surface area (Å²) in [4.78, 5) is 0. The highest BCUT2D eigenvalue weighted by molar-refractivity contribution is 7.54. The van der Waals surface area contributed by atoms with Crippen molar-refractivity contribution < 1.29 is 18.7 Å². The highest BCUT2D eigenvalue weighted by Crippen LogP contribution is 2.65. The lowest BCUT2D eigenvalue weighted by atomic mass is 9.78. The molecule has 2 rings (SSSR count). The van der Waals surface area contributed by atoms with Crippen molar-refractivity contribution in [2.24, 2.45) is 0 Å². The zero-order valence-corrected chi connectivity index (χ0v) is 20.5. The van der Waals surface area contributed by atoms with Gasteiger partial charge in [-0.25, -0.2) is 0 Å². The maximum atomic E-state index is 14.0. The average molecular weight is 433 g/mol. The third-order valence-corrected chi connectivity index (χ3v) is 7.60. The average Bonchev–Trinajstić information content (AvgIpc) is 2.62. The molecule has 2 aromatic rings. The molecule has 0 spiro atoms. The van der Waals surface area contributed by atoms with Crippen LogP contribution in [-0.2, 0) is 24.4 Å². The van der Waals surface area contributed by atoms with E-state index in [4.69, 9.17) is 9.05 Å². The number of hydrogen-bond donors (Lipinski definition) is 1. The first-order valence-corrected chi connectivity index (χ1v) is 12.3. The maximum Gasteiger partial charge on any atom is 0.342 e. The lowest BCUT2D eigenvalue weighted by Crippen LogP contribution is -2.19. The van der Waals surface area contributed by atoms with Crippen molar-refractivity contribution in [2.45, 2.75) is 71.9 Å². The molecule has 0 bridgehead atoms. The van der Waals surface area contributed by atoms with Crippen LogP contribution in [0, 0.1) is 0 Å². The van der Waals surface area contributed by atoms with Crippen molar-refractivity contribution in [3.05, 3.63) is 64.7 Å². The number of phenols is 1. The third-order valence-electron chi connectivity index (χ3n) is 5.16. The molecule has 1 N–H and O–H groups in total. The van der Waals surface area contributed by atoms with E-state index >= 15 is 0 Å². The van der Waals surface area contributed by atoms with E-state index in [1.807, 2.05) is 36.4 Å². The largest absolute Gasteiger partial charge is 0.507 e. The van der Waals surface area contributed by atoms with Gasteiger partial charge in [0.1, 0.15) is 11.4 Å². The van der Waals surface area contributed by atoms with Crippen molar-refractivity contribution in [3.8, 4) is 5.75 Å². The molecule has 0 radical (unpaired) electrons. The number of benzene rings is 2. The molecule has 1 unspecified atom stereocenters. The first-order valence-electron chi connectivity index (χ1n) is 10.7. The lowest BCUT2D eigenvalue weighted by molar-refractivity contribution is 0.214. The lowest BCUT2D eigenvalue weighted by Gasteiger charge is -2.32. The molecule has 0 aliphatic rings. The van der Waals surface area contributed by atoms with Crippen molar-refractivity contribution in [1.82, 2.24) is 0 Å². The van der Waals surface area contributed by atoms with Gasteiger partial charge in [-0.3, -0.25) is 4.57 Å². The van der Waals surface area contributed by atoms with Crippen LogP contribution in [0.15, 0.2) is 42.5 Å². The van der Waals surface area contributed by atoms with Gasteiger partial charge in [0.05, 0.1) is 13.2 Å². The van der Waals surface area contributed by atoms with Crippen LogP contribution in [0.1, 0.15) is 83.3 Å². The fourth-order valence-electron chi connectivity index (χ4n) is 3.58. The van der Waals surface area contributed by atoms with E-state index in [1.54, 1.807) is 13.8 Å². The van der Waals surface area contributed by atoms with Gasteiger partial charge in [0.2, 0.25) is 0 Å². The van der Waals surface area contributed by atoms with Crippen LogP contribution in [0.3, 0.4) is 0 Å². The van der Waals surface area contributed by atoms with Gasteiger partial charge in [-0.15, -0.1) is 0 Å². The summed E-state index contributed by atoms with van der Waals surface area (Å²) < 4.78 is 25.6. The monoisotopic (exact) mass is 432 g/mol. The molecule has 2 aromatic carbocycles. The molecular weight excluding hydrogens is 395 g/mol. The van der Waals surface area contributed by atoms with E-state index in [2.05, 4.69) is 47.6 Å². The summed E-state index contributed by atoms with van der Waals surface area (Å²) in [6, 6.07) is 13.6. The summed E-state index contributed by atoms with van der Waals surface area (Å²) in [6.45, 7) is 16.7. The van der Waals surface area contributed by atoms with Crippen LogP contribution < -0.4 is 0 Å². The Balaban J connectivity index is 2.92. The summed E-state index contributed by atoms with van der Waals surface area (Å²) >= 11 is 0. The molecule has 1 atom stereocenters. The van der Waals surface area contributed by atoms with E-state index in [0.29, 0.717) is 5.56 Å². The molecule has 0 saturated heterocycles. The minimum atomic E-state index is -3.60. The molecule has 0 saturated carbocycles. The fourth-order valence-corrected chi connectivity index (χ4v) is 5.75. The van der Waals surface area contributed by atoms with E-state index in [1.165, 1.54) is 0 Å². The molecule has 0 amide bonds. The minimum absolute atomic E-state index is 0.148. The predicted molar refractivity (Wildman–Crippen MR) is 125 cm³/mol. The predicted octanol–water partition coefficient (Wildman–Crippen LogP) is 7.34. The molecule has 0 heterocycles. The summed E-state index contributed by atoms with van der Waals surface area (Å²) in [5, 5.41) is 11.4. The molecule has 30 heavy (non-hydrogen) atoms. The van der Waals surface area contributed by atoms with Gasteiger partial charge in [-0.2, -0.15) is 0 Å². The van der Waals surface area contributed by atoms with Gasteiger partial charge in [0.15, 0.2) is 0 Å². The van der Waals surface area contributed by atoms with E-state index in [9.17, 15) is 9.67 Å². The van der Waals surface area contributed by atoms with Gasteiger partial charge in [-0.1, -0.05) is 84.0 Å². The van der Waals surface area contributed by atoms with Crippen LogP contribution in [-0.4, -0.2) is 18.3 Å². The minimum Gasteiger partial charge on any atom is -0.507 e. The van der Waals surface area contributed by atoms with Gasteiger partial charge < -0.3 is 14.2 Å². The van der Waals surface area contributed by atoms with E-state index < -0.39 is 13.3 Å². The zero-order chi connectivity index (χ0) is 22.7. The standard InChI is InChI=1S/C25H37O4P/c1-9-28-30(27,29-10-2)23(18-14-12-11-13-15-18)20-16-19(24(3,4)5)17-21(22(20)26)25(6,7)8/h11-17,23,26H,9-10H2,1-8H3. The number of rotatable bonds is 7. The Morgan fingerprint density at radius 1 is 0.900 bits per heavy atom. The van der Waals surface area contributed by atoms with Gasteiger partial charge in [0, 0.05) is 5.56 Å². The summed E-state index contributed by atoms with van der Waals surface area (Å²) in [5.41, 5.74) is 2.12. The number of hydrogen-bond acceptors (Lipinski definition) is 4. The highest BCUT2D eigenvalue weighted by atomic mass is 31.2. The fraction of sp³-hybridized carbons (Fsp3) is 0.520. The maximum absolute atomic E-state index is 14.0. The number of aromatic hydroxyl groups is 1. The highest BCUT2D eigenvalue weighted by Gasteiger charge is 2.41. The third kappa shape index (κ3) is 5.35. The molecule has 0 aliphatic carbocycles. The van der Waals surface area contributed by atoms with Crippen molar-refractivity contribution in [1.29, 1.82) is 0 Å². The topological polar surface area (TPSA) is 55.8 Å². The SMILES string of the molecule is CCOP(=O)(OCC)C(c1ccccc1)c1cc(C(C)(C)C)cc(C(C)(C)C)c1O. The van der Waals surface area contributed by atoms with Crippen LogP contribution in [0.2, 0.25) is 0 Å². The normalized spacial score (nSPS) is 14.0.